The Morgan fingerprint density at radius 2 is 2.10 bits per heavy atom. The maximum Gasteiger partial charge on any atom is 0.191 e. The van der Waals surface area contributed by atoms with E-state index in [0.717, 1.165) is 45.1 Å². The zero-order chi connectivity index (χ0) is 13.3. The summed E-state index contributed by atoms with van der Waals surface area (Å²) < 4.78 is 5.29. The minimum Gasteiger partial charge on any atom is -0.390 e. The quantitative estimate of drug-likeness (QED) is 0.428. The molecule has 1 heterocycles. The molecule has 0 radical (unpaired) electrons. The van der Waals surface area contributed by atoms with Gasteiger partial charge in [-0.05, 0) is 43.9 Å². The van der Waals surface area contributed by atoms with Crippen LogP contribution in [0.25, 0.3) is 0 Å². The molecule has 3 aliphatic rings. The molecule has 3 N–H and O–H groups in total. The van der Waals surface area contributed by atoms with Crippen LogP contribution in [0.5, 0.6) is 0 Å². The molecule has 3 fully saturated rings. The minimum atomic E-state index is -0.461. The normalized spacial score (nSPS) is 37.0. The fourth-order valence-electron chi connectivity index (χ4n) is 3.98. The van der Waals surface area contributed by atoms with Gasteiger partial charge in [-0.25, -0.2) is 0 Å². The van der Waals surface area contributed by atoms with E-state index in [2.05, 4.69) is 9.89 Å². The monoisotopic (exact) mass is 395 g/mol. The smallest absolute Gasteiger partial charge is 0.191 e. The molecule has 2 bridgehead atoms. The number of nitrogens with zero attached hydrogens (tertiary/aromatic N) is 2. The van der Waals surface area contributed by atoms with E-state index in [-0.39, 0.29) is 24.0 Å². The fraction of sp³-hybridized carbons (Fsp3) is 0.929. The van der Waals surface area contributed by atoms with Crippen molar-refractivity contribution in [3.63, 3.8) is 0 Å². The molecular weight excluding hydrogens is 369 g/mol. The first-order valence-corrected chi connectivity index (χ1v) is 7.52. The summed E-state index contributed by atoms with van der Waals surface area (Å²) in [5.41, 5.74) is 5.53. The van der Waals surface area contributed by atoms with Gasteiger partial charge in [0.1, 0.15) is 0 Å². The first-order valence-electron chi connectivity index (χ1n) is 7.52. The van der Waals surface area contributed by atoms with Gasteiger partial charge in [0.15, 0.2) is 5.96 Å². The SMILES string of the molecule is I.NC(=NCCC1(O)CC2CCC1C2)N1CCOCC1. The Labute approximate surface area is 138 Å². The number of hydrogen-bond donors (Lipinski definition) is 2. The van der Waals surface area contributed by atoms with E-state index in [0.29, 0.717) is 18.4 Å². The molecule has 2 saturated carbocycles. The highest BCUT2D eigenvalue weighted by atomic mass is 127. The molecule has 5 nitrogen and oxygen atoms in total. The molecule has 0 aromatic heterocycles. The van der Waals surface area contributed by atoms with Gasteiger partial charge in [-0.1, -0.05) is 0 Å². The lowest BCUT2D eigenvalue weighted by molar-refractivity contribution is -0.0182. The van der Waals surface area contributed by atoms with Crippen molar-refractivity contribution >= 4 is 29.9 Å². The summed E-state index contributed by atoms with van der Waals surface area (Å²) in [7, 11) is 0. The van der Waals surface area contributed by atoms with Gasteiger partial charge in [-0.2, -0.15) is 0 Å². The number of hydrogen-bond acceptors (Lipinski definition) is 3. The predicted octanol–water partition coefficient (Wildman–Crippen LogP) is 1.19. The Kier molecular flexibility index (Phi) is 5.53. The van der Waals surface area contributed by atoms with E-state index in [1.54, 1.807) is 0 Å². The average Bonchev–Trinajstić information content (AvgIpc) is 3.00. The lowest BCUT2D eigenvalue weighted by Crippen LogP contribution is -2.45. The van der Waals surface area contributed by atoms with Crippen LogP contribution in [-0.2, 0) is 4.74 Å². The van der Waals surface area contributed by atoms with Crippen LogP contribution in [0.15, 0.2) is 4.99 Å². The number of rotatable bonds is 3. The third-order valence-corrected chi connectivity index (χ3v) is 5.10. The van der Waals surface area contributed by atoms with Gasteiger partial charge in [0, 0.05) is 19.6 Å². The maximum absolute atomic E-state index is 10.7. The van der Waals surface area contributed by atoms with E-state index in [1.807, 2.05) is 0 Å². The lowest BCUT2D eigenvalue weighted by atomic mass is 9.82. The number of nitrogens with two attached hydrogens (primary N) is 1. The van der Waals surface area contributed by atoms with Crippen LogP contribution in [0.1, 0.15) is 32.1 Å². The van der Waals surface area contributed by atoms with Gasteiger partial charge in [-0.15, -0.1) is 24.0 Å². The molecule has 6 heteroatoms. The Balaban J connectivity index is 0.00000147. The van der Waals surface area contributed by atoms with E-state index in [9.17, 15) is 5.11 Å². The second-order valence-electron chi connectivity index (χ2n) is 6.27. The molecule has 3 rings (SSSR count). The number of aliphatic hydroxyl groups is 1. The maximum atomic E-state index is 10.7. The highest BCUT2D eigenvalue weighted by Gasteiger charge is 2.49. The number of guanidine groups is 1. The predicted molar refractivity (Wildman–Crippen MR) is 89.3 cm³/mol. The summed E-state index contributed by atoms with van der Waals surface area (Å²) in [6.07, 6.45) is 5.47. The zero-order valence-electron chi connectivity index (χ0n) is 12.0. The number of morpholine rings is 1. The molecule has 20 heavy (non-hydrogen) atoms. The topological polar surface area (TPSA) is 71.1 Å². The molecule has 0 amide bonds. The van der Waals surface area contributed by atoms with Gasteiger partial charge >= 0.3 is 0 Å². The first kappa shape index (κ1) is 16.3. The Morgan fingerprint density at radius 3 is 2.70 bits per heavy atom. The molecule has 1 aliphatic heterocycles. The van der Waals surface area contributed by atoms with Gasteiger partial charge in [-0.3, -0.25) is 4.99 Å². The molecule has 2 aliphatic carbocycles. The van der Waals surface area contributed by atoms with Gasteiger partial charge < -0.3 is 20.5 Å². The van der Waals surface area contributed by atoms with Crippen molar-refractivity contribution in [2.45, 2.75) is 37.7 Å². The van der Waals surface area contributed by atoms with E-state index in [4.69, 9.17) is 10.5 Å². The zero-order valence-corrected chi connectivity index (χ0v) is 14.3. The van der Waals surface area contributed by atoms with Crippen molar-refractivity contribution in [1.29, 1.82) is 0 Å². The van der Waals surface area contributed by atoms with Crippen molar-refractivity contribution in [2.75, 3.05) is 32.8 Å². The first-order chi connectivity index (χ1) is 9.17. The average molecular weight is 395 g/mol. The van der Waals surface area contributed by atoms with Crippen LogP contribution >= 0.6 is 24.0 Å². The standard InChI is InChI=1S/C14H25N3O2.HI/c15-13(17-5-7-19-8-6-17)16-4-3-14(18)10-11-1-2-12(14)9-11;/h11-12,18H,1-10H2,(H2,15,16);1H. The van der Waals surface area contributed by atoms with Crippen LogP contribution in [0.4, 0.5) is 0 Å². The summed E-state index contributed by atoms with van der Waals surface area (Å²) in [4.78, 5) is 6.51. The summed E-state index contributed by atoms with van der Waals surface area (Å²) in [6.45, 7) is 3.74. The van der Waals surface area contributed by atoms with E-state index >= 15 is 0 Å². The van der Waals surface area contributed by atoms with Crippen molar-refractivity contribution in [1.82, 2.24) is 4.90 Å². The summed E-state index contributed by atoms with van der Waals surface area (Å²) in [5, 5.41) is 10.7. The molecule has 116 valence electrons. The Bertz CT molecular complexity index is 360. The van der Waals surface area contributed by atoms with Gasteiger partial charge in [0.25, 0.3) is 0 Å². The van der Waals surface area contributed by atoms with Crippen LogP contribution in [0, 0.1) is 11.8 Å². The molecule has 3 atom stereocenters. The molecule has 0 aromatic carbocycles. The van der Waals surface area contributed by atoms with E-state index < -0.39 is 5.60 Å². The third-order valence-electron chi connectivity index (χ3n) is 5.10. The van der Waals surface area contributed by atoms with Crippen LogP contribution in [0.3, 0.4) is 0 Å². The molecular formula is C14H26IN3O2. The lowest BCUT2D eigenvalue weighted by Gasteiger charge is -2.32. The molecule has 0 aromatic rings. The summed E-state index contributed by atoms with van der Waals surface area (Å²) >= 11 is 0. The number of fused-ring (bicyclic) bond motifs is 2. The van der Waals surface area contributed by atoms with Gasteiger partial charge in [0.05, 0.1) is 18.8 Å². The Morgan fingerprint density at radius 1 is 1.35 bits per heavy atom. The second kappa shape index (κ2) is 6.79. The largest absolute Gasteiger partial charge is 0.390 e. The number of halogens is 1. The summed E-state index contributed by atoms with van der Waals surface area (Å²) in [6, 6.07) is 0. The second-order valence-corrected chi connectivity index (χ2v) is 6.27. The summed E-state index contributed by atoms with van der Waals surface area (Å²) in [5.74, 6) is 1.88. The number of ether oxygens (including phenoxy) is 1. The molecule has 1 saturated heterocycles. The fourth-order valence-corrected chi connectivity index (χ4v) is 3.98. The number of aliphatic imine (C=N–C) groups is 1. The highest BCUT2D eigenvalue weighted by Crippen LogP contribution is 2.52. The highest BCUT2D eigenvalue weighted by molar-refractivity contribution is 14.0. The van der Waals surface area contributed by atoms with Crippen molar-refractivity contribution in [3.05, 3.63) is 0 Å². The minimum absolute atomic E-state index is 0. The van der Waals surface area contributed by atoms with Gasteiger partial charge in [0.2, 0.25) is 0 Å². The van der Waals surface area contributed by atoms with Crippen molar-refractivity contribution < 1.29 is 9.84 Å². The third kappa shape index (κ3) is 3.39. The van der Waals surface area contributed by atoms with Crippen molar-refractivity contribution in [2.24, 2.45) is 22.6 Å². The van der Waals surface area contributed by atoms with Crippen LogP contribution in [0.2, 0.25) is 0 Å². The Hall–Kier alpha value is -0.0800. The van der Waals surface area contributed by atoms with Crippen LogP contribution < -0.4 is 5.73 Å². The molecule has 3 unspecified atom stereocenters. The molecule has 0 spiro atoms. The van der Waals surface area contributed by atoms with Crippen LogP contribution in [-0.4, -0.2) is 54.4 Å². The van der Waals surface area contributed by atoms with Crippen molar-refractivity contribution in [3.8, 4) is 0 Å². The van der Waals surface area contributed by atoms with E-state index in [1.165, 1.54) is 19.3 Å².